The monoisotopic (exact) mass is 389 g/mol. The van der Waals surface area contributed by atoms with Crippen molar-refractivity contribution in [3.63, 3.8) is 0 Å². The minimum Gasteiger partial charge on any atom is -0.469 e. The summed E-state index contributed by atoms with van der Waals surface area (Å²) in [6.07, 6.45) is 0.879. The van der Waals surface area contributed by atoms with E-state index in [0.29, 0.717) is 26.0 Å². The van der Waals surface area contributed by atoms with Gasteiger partial charge in [0, 0.05) is 20.0 Å². The normalized spacial score (nSPS) is 16.3. The largest absolute Gasteiger partial charge is 0.469 e. The average molecular weight is 389 g/mol. The van der Waals surface area contributed by atoms with E-state index in [0.717, 1.165) is 16.7 Å². The lowest BCUT2D eigenvalue weighted by Crippen LogP contribution is -2.30. The average Bonchev–Trinajstić information content (AvgIpc) is 3.50. The number of aryl methyl sites for hydroxylation is 1. The summed E-state index contributed by atoms with van der Waals surface area (Å²) in [5.74, 6) is -0.254. The molecule has 1 heterocycles. The first-order valence-electron chi connectivity index (χ1n) is 8.74. The summed E-state index contributed by atoms with van der Waals surface area (Å²) in [4.78, 5) is 11.6. The molecule has 1 fully saturated rings. The molecule has 7 heteroatoms. The number of ether oxygens (including phenoxy) is 2. The van der Waals surface area contributed by atoms with Crippen LogP contribution in [0.5, 0.6) is 0 Å². The van der Waals surface area contributed by atoms with E-state index in [1.165, 1.54) is 11.4 Å². The molecule has 1 saturated heterocycles. The molecule has 2 aromatic rings. The third-order valence-corrected chi connectivity index (χ3v) is 6.33. The molecule has 0 spiro atoms. The lowest BCUT2D eigenvalue weighted by atomic mass is 10.0. The number of sulfonamides is 1. The second-order valence-corrected chi connectivity index (χ2v) is 8.59. The number of benzene rings is 2. The van der Waals surface area contributed by atoms with Crippen molar-refractivity contribution < 1.29 is 22.7 Å². The van der Waals surface area contributed by atoms with Crippen LogP contribution in [0.3, 0.4) is 0 Å². The van der Waals surface area contributed by atoms with E-state index < -0.39 is 10.0 Å². The van der Waals surface area contributed by atoms with Crippen molar-refractivity contribution in [2.75, 3.05) is 27.3 Å². The Hall–Kier alpha value is -2.22. The predicted octanol–water partition coefficient (Wildman–Crippen LogP) is 2.48. The molecule has 0 amide bonds. The van der Waals surface area contributed by atoms with Crippen LogP contribution in [-0.4, -0.2) is 52.1 Å². The van der Waals surface area contributed by atoms with Gasteiger partial charge in [0.25, 0.3) is 0 Å². The van der Waals surface area contributed by atoms with Gasteiger partial charge in [0.1, 0.15) is 0 Å². The Morgan fingerprint density at radius 3 is 2.52 bits per heavy atom. The van der Waals surface area contributed by atoms with E-state index in [1.54, 1.807) is 25.2 Å². The number of likely N-dealkylation sites (N-methyl/N-ethyl adjacent to an activating group) is 1. The third kappa shape index (κ3) is 4.94. The lowest BCUT2D eigenvalue weighted by Gasteiger charge is -2.16. The highest BCUT2D eigenvalue weighted by atomic mass is 32.2. The van der Waals surface area contributed by atoms with E-state index in [2.05, 4.69) is 4.74 Å². The molecular formula is C20H23NO5S. The maximum Gasteiger partial charge on any atom is 0.305 e. The summed E-state index contributed by atoms with van der Waals surface area (Å²) in [5, 5.41) is 0. The zero-order valence-corrected chi connectivity index (χ0v) is 16.2. The van der Waals surface area contributed by atoms with Gasteiger partial charge in [0.2, 0.25) is 10.0 Å². The summed E-state index contributed by atoms with van der Waals surface area (Å²) in [6.45, 7) is 0.966. The fourth-order valence-electron chi connectivity index (χ4n) is 2.83. The van der Waals surface area contributed by atoms with Crippen LogP contribution in [0, 0.1) is 0 Å². The highest BCUT2D eigenvalue weighted by Crippen LogP contribution is 2.26. The Morgan fingerprint density at radius 1 is 1.19 bits per heavy atom. The van der Waals surface area contributed by atoms with Crippen molar-refractivity contribution in [1.29, 1.82) is 0 Å². The number of carbonyl (C=O) groups excluding carboxylic acids is 1. The van der Waals surface area contributed by atoms with Gasteiger partial charge in [0.05, 0.1) is 24.7 Å². The van der Waals surface area contributed by atoms with Crippen LogP contribution in [0.1, 0.15) is 12.0 Å². The Bertz CT molecular complexity index is 921. The van der Waals surface area contributed by atoms with Crippen molar-refractivity contribution in [3.05, 3.63) is 54.1 Å². The first-order chi connectivity index (χ1) is 12.9. The highest BCUT2D eigenvalue weighted by Gasteiger charge is 2.30. The number of methoxy groups -OCH3 is 1. The molecule has 3 rings (SSSR count). The summed E-state index contributed by atoms with van der Waals surface area (Å²) in [7, 11) is -0.629. The van der Waals surface area contributed by atoms with E-state index >= 15 is 0 Å². The molecule has 0 saturated carbocycles. The van der Waals surface area contributed by atoms with Gasteiger partial charge in [0.15, 0.2) is 0 Å². The number of nitrogens with zero attached hydrogens (tertiary/aromatic N) is 1. The van der Waals surface area contributed by atoms with Crippen molar-refractivity contribution in [2.45, 2.75) is 23.8 Å². The number of hydrogen-bond donors (Lipinski definition) is 0. The quantitative estimate of drug-likeness (QED) is 0.512. The maximum atomic E-state index is 12.8. The third-order valence-electron chi connectivity index (χ3n) is 4.51. The zero-order valence-electron chi connectivity index (χ0n) is 15.4. The summed E-state index contributed by atoms with van der Waals surface area (Å²) in [6, 6.07) is 14.6. The molecule has 6 nitrogen and oxygen atoms in total. The summed E-state index contributed by atoms with van der Waals surface area (Å²) < 4.78 is 36.7. The van der Waals surface area contributed by atoms with Gasteiger partial charge in [-0.3, -0.25) is 4.79 Å². The topological polar surface area (TPSA) is 76.2 Å². The molecular weight excluding hydrogens is 366 g/mol. The Labute approximate surface area is 159 Å². The second-order valence-electron chi connectivity index (χ2n) is 6.55. The number of esters is 1. The van der Waals surface area contributed by atoms with Crippen molar-refractivity contribution in [1.82, 2.24) is 4.31 Å². The fourth-order valence-corrected chi connectivity index (χ4v) is 4.08. The van der Waals surface area contributed by atoms with Crippen LogP contribution in [0.15, 0.2) is 53.4 Å². The Kier molecular flexibility index (Phi) is 5.94. The van der Waals surface area contributed by atoms with E-state index in [4.69, 9.17) is 4.74 Å². The Balaban J connectivity index is 1.81. The summed E-state index contributed by atoms with van der Waals surface area (Å²) >= 11 is 0. The minimum absolute atomic E-state index is 0.000509. The number of hydrogen-bond acceptors (Lipinski definition) is 5. The minimum atomic E-state index is -3.57. The van der Waals surface area contributed by atoms with Crippen LogP contribution in [-0.2, 0) is 30.7 Å². The van der Waals surface area contributed by atoms with Crippen molar-refractivity contribution in [3.8, 4) is 11.1 Å². The molecule has 27 heavy (non-hydrogen) atoms. The molecule has 144 valence electrons. The van der Waals surface area contributed by atoms with Crippen LogP contribution >= 0.6 is 0 Å². The standard InChI is InChI=1S/C20H23NO5S/c1-21(13-18-14-26-18)27(23,24)19-8-4-7-17(12-19)16-6-3-5-15(11-16)9-10-20(22)25-2/h3-8,11-12,18H,9-10,13-14H2,1-2H3/t18-/m0/s1. The molecule has 0 radical (unpaired) electrons. The van der Waals surface area contributed by atoms with Crippen LogP contribution in [0.25, 0.3) is 11.1 Å². The predicted molar refractivity (Wildman–Crippen MR) is 102 cm³/mol. The zero-order chi connectivity index (χ0) is 19.4. The van der Waals surface area contributed by atoms with Crippen LogP contribution in [0.4, 0.5) is 0 Å². The SMILES string of the molecule is COC(=O)CCc1cccc(-c2cccc(S(=O)(=O)N(C)C[C@H]3CO3)c2)c1. The summed E-state index contributed by atoms with van der Waals surface area (Å²) in [5.41, 5.74) is 2.71. The second kappa shape index (κ2) is 8.21. The fraction of sp³-hybridized carbons (Fsp3) is 0.350. The number of epoxide rings is 1. The molecule has 2 aromatic carbocycles. The van der Waals surface area contributed by atoms with Crippen molar-refractivity contribution >= 4 is 16.0 Å². The van der Waals surface area contributed by atoms with E-state index in [-0.39, 0.29) is 17.0 Å². The van der Waals surface area contributed by atoms with Crippen molar-refractivity contribution in [2.24, 2.45) is 0 Å². The maximum absolute atomic E-state index is 12.8. The van der Waals surface area contributed by atoms with Gasteiger partial charge in [-0.25, -0.2) is 8.42 Å². The molecule has 0 aromatic heterocycles. The van der Waals surface area contributed by atoms with Gasteiger partial charge in [-0.2, -0.15) is 4.31 Å². The molecule has 0 unspecified atom stereocenters. The van der Waals surface area contributed by atoms with Crippen LogP contribution < -0.4 is 0 Å². The van der Waals surface area contributed by atoms with E-state index in [1.807, 2.05) is 30.3 Å². The molecule has 0 bridgehead atoms. The lowest BCUT2D eigenvalue weighted by molar-refractivity contribution is -0.140. The van der Waals surface area contributed by atoms with Gasteiger partial charge in [-0.1, -0.05) is 36.4 Å². The molecule has 0 aliphatic carbocycles. The number of rotatable bonds is 8. The first-order valence-corrected chi connectivity index (χ1v) is 10.2. The Morgan fingerprint density at radius 2 is 1.85 bits per heavy atom. The van der Waals surface area contributed by atoms with Gasteiger partial charge < -0.3 is 9.47 Å². The smallest absolute Gasteiger partial charge is 0.305 e. The first kappa shape index (κ1) is 19.5. The molecule has 1 atom stereocenters. The number of carbonyl (C=O) groups is 1. The van der Waals surface area contributed by atoms with Gasteiger partial charge in [-0.15, -0.1) is 0 Å². The van der Waals surface area contributed by atoms with Crippen LogP contribution in [0.2, 0.25) is 0 Å². The molecule has 1 aliphatic heterocycles. The van der Waals surface area contributed by atoms with E-state index in [9.17, 15) is 13.2 Å². The van der Waals surface area contributed by atoms with Gasteiger partial charge >= 0.3 is 5.97 Å². The van der Waals surface area contributed by atoms with Gasteiger partial charge in [-0.05, 0) is 35.2 Å². The highest BCUT2D eigenvalue weighted by molar-refractivity contribution is 7.89. The molecule has 0 N–H and O–H groups in total. The molecule has 1 aliphatic rings.